The monoisotopic (exact) mass is 292 g/mol. The van der Waals surface area contributed by atoms with Gasteiger partial charge in [-0.3, -0.25) is 9.59 Å². The summed E-state index contributed by atoms with van der Waals surface area (Å²) in [5, 5.41) is 0. The molecule has 0 saturated carbocycles. The van der Waals surface area contributed by atoms with Crippen molar-refractivity contribution in [2.45, 2.75) is 12.8 Å². The van der Waals surface area contributed by atoms with Crippen LogP contribution < -0.4 is 10.5 Å². The number of rotatable bonds is 3. The largest absolute Gasteiger partial charge is 0.497 e. The smallest absolute Gasteiger partial charge is 0.310 e. The van der Waals surface area contributed by atoms with Gasteiger partial charge in [0.2, 0.25) is 0 Å². The molecule has 1 aromatic rings. The highest BCUT2D eigenvalue weighted by Gasteiger charge is 2.30. The maximum Gasteiger partial charge on any atom is 0.310 e. The van der Waals surface area contributed by atoms with E-state index in [0.717, 1.165) is 12.8 Å². The Balaban J connectivity index is 2.14. The topological polar surface area (TPSA) is 81.9 Å². The van der Waals surface area contributed by atoms with Gasteiger partial charge >= 0.3 is 5.97 Å². The molecule has 0 spiro atoms. The van der Waals surface area contributed by atoms with Crippen LogP contribution in [0, 0.1) is 5.92 Å². The van der Waals surface area contributed by atoms with Crippen molar-refractivity contribution in [1.82, 2.24) is 4.90 Å². The maximum atomic E-state index is 12.5. The van der Waals surface area contributed by atoms with Gasteiger partial charge in [0, 0.05) is 24.8 Å². The molecule has 114 valence electrons. The number of benzene rings is 1. The van der Waals surface area contributed by atoms with E-state index in [1.54, 1.807) is 30.2 Å². The number of nitrogens with zero attached hydrogens (tertiary/aromatic N) is 1. The molecule has 1 heterocycles. The van der Waals surface area contributed by atoms with Crippen LogP contribution in [0.1, 0.15) is 23.2 Å². The van der Waals surface area contributed by atoms with Crippen LogP contribution in [0.3, 0.4) is 0 Å². The fourth-order valence-corrected chi connectivity index (χ4v) is 2.55. The summed E-state index contributed by atoms with van der Waals surface area (Å²) < 4.78 is 9.83. The van der Waals surface area contributed by atoms with Crippen LogP contribution in [0.2, 0.25) is 0 Å². The normalized spacial score (nSPS) is 18.2. The SMILES string of the molecule is COC(=O)C1CCCN(C(=O)c2ccc(OC)cc2N)C1. The summed E-state index contributed by atoms with van der Waals surface area (Å²) in [7, 11) is 2.91. The van der Waals surface area contributed by atoms with Gasteiger partial charge in [-0.1, -0.05) is 0 Å². The van der Waals surface area contributed by atoms with Crippen LogP contribution in [-0.4, -0.2) is 44.1 Å². The van der Waals surface area contributed by atoms with Crippen molar-refractivity contribution < 1.29 is 19.1 Å². The first kappa shape index (κ1) is 15.2. The van der Waals surface area contributed by atoms with Gasteiger partial charge in [-0.05, 0) is 25.0 Å². The molecular weight excluding hydrogens is 272 g/mol. The van der Waals surface area contributed by atoms with Crippen LogP contribution in [0.4, 0.5) is 5.69 Å². The molecule has 1 saturated heterocycles. The number of nitrogen functional groups attached to an aromatic ring is 1. The van der Waals surface area contributed by atoms with Gasteiger partial charge in [-0.2, -0.15) is 0 Å². The number of amides is 1. The average molecular weight is 292 g/mol. The molecule has 21 heavy (non-hydrogen) atoms. The lowest BCUT2D eigenvalue weighted by molar-refractivity contribution is -0.146. The number of hydrogen-bond donors (Lipinski definition) is 1. The van der Waals surface area contributed by atoms with E-state index in [1.807, 2.05) is 0 Å². The zero-order valence-electron chi connectivity index (χ0n) is 12.3. The highest BCUT2D eigenvalue weighted by molar-refractivity contribution is 5.99. The van der Waals surface area contributed by atoms with Crippen LogP contribution >= 0.6 is 0 Å². The summed E-state index contributed by atoms with van der Waals surface area (Å²) >= 11 is 0. The molecule has 6 nitrogen and oxygen atoms in total. The first-order chi connectivity index (χ1) is 10.1. The number of likely N-dealkylation sites (tertiary alicyclic amines) is 1. The van der Waals surface area contributed by atoms with Crippen molar-refractivity contribution in [3.8, 4) is 5.75 Å². The van der Waals surface area contributed by atoms with E-state index in [4.69, 9.17) is 15.2 Å². The van der Waals surface area contributed by atoms with E-state index in [9.17, 15) is 9.59 Å². The molecule has 1 unspecified atom stereocenters. The molecule has 1 amide bonds. The van der Waals surface area contributed by atoms with Gasteiger partial charge in [0.25, 0.3) is 5.91 Å². The summed E-state index contributed by atoms with van der Waals surface area (Å²) in [6, 6.07) is 4.97. The first-order valence-corrected chi connectivity index (χ1v) is 6.87. The summed E-state index contributed by atoms with van der Waals surface area (Å²) in [5.74, 6) is -0.0822. The Hall–Kier alpha value is -2.24. The number of anilines is 1. The lowest BCUT2D eigenvalue weighted by Gasteiger charge is -2.31. The number of methoxy groups -OCH3 is 2. The predicted molar refractivity (Wildman–Crippen MR) is 78.0 cm³/mol. The molecule has 6 heteroatoms. The van der Waals surface area contributed by atoms with E-state index < -0.39 is 0 Å². The summed E-state index contributed by atoms with van der Waals surface area (Å²) in [5.41, 5.74) is 6.71. The van der Waals surface area contributed by atoms with E-state index in [-0.39, 0.29) is 17.8 Å². The number of nitrogens with two attached hydrogens (primary N) is 1. The summed E-state index contributed by atoms with van der Waals surface area (Å²) in [6.07, 6.45) is 1.52. The zero-order chi connectivity index (χ0) is 15.4. The van der Waals surface area contributed by atoms with Gasteiger partial charge in [0.15, 0.2) is 0 Å². The number of hydrogen-bond acceptors (Lipinski definition) is 5. The van der Waals surface area contributed by atoms with Crippen LogP contribution in [-0.2, 0) is 9.53 Å². The minimum absolute atomic E-state index is 0.163. The second kappa shape index (κ2) is 6.47. The molecular formula is C15H20N2O4. The number of piperidine rings is 1. The second-order valence-electron chi connectivity index (χ2n) is 5.07. The number of carbonyl (C=O) groups is 2. The molecule has 1 atom stereocenters. The Labute approximate surface area is 123 Å². The van der Waals surface area contributed by atoms with Crippen LogP contribution in [0.25, 0.3) is 0 Å². The predicted octanol–water partition coefficient (Wildman–Crippen LogP) is 1.30. The highest BCUT2D eigenvalue weighted by atomic mass is 16.5. The maximum absolute atomic E-state index is 12.5. The first-order valence-electron chi connectivity index (χ1n) is 6.87. The van der Waals surface area contributed by atoms with Gasteiger partial charge < -0.3 is 20.1 Å². The number of esters is 1. The quantitative estimate of drug-likeness (QED) is 0.671. The van der Waals surface area contributed by atoms with Crippen molar-refractivity contribution in [2.75, 3.05) is 33.0 Å². The van der Waals surface area contributed by atoms with Crippen molar-refractivity contribution in [1.29, 1.82) is 0 Å². The van der Waals surface area contributed by atoms with Crippen molar-refractivity contribution >= 4 is 17.6 Å². The molecule has 2 N–H and O–H groups in total. The Kier molecular flexibility index (Phi) is 4.67. The van der Waals surface area contributed by atoms with Crippen molar-refractivity contribution in [3.05, 3.63) is 23.8 Å². The van der Waals surface area contributed by atoms with Crippen LogP contribution in [0.15, 0.2) is 18.2 Å². The Morgan fingerprint density at radius 2 is 2.10 bits per heavy atom. The van der Waals surface area contributed by atoms with E-state index >= 15 is 0 Å². The third-order valence-corrected chi connectivity index (χ3v) is 3.73. The summed E-state index contributed by atoms with van der Waals surface area (Å²) in [6.45, 7) is 0.995. The lowest BCUT2D eigenvalue weighted by atomic mass is 9.97. The highest BCUT2D eigenvalue weighted by Crippen LogP contribution is 2.24. The molecule has 0 radical (unpaired) electrons. The van der Waals surface area contributed by atoms with Crippen LogP contribution in [0.5, 0.6) is 5.75 Å². The summed E-state index contributed by atoms with van der Waals surface area (Å²) in [4.78, 5) is 25.8. The van der Waals surface area contributed by atoms with Crippen molar-refractivity contribution in [2.24, 2.45) is 5.92 Å². The number of carbonyl (C=O) groups excluding carboxylic acids is 2. The Bertz CT molecular complexity index is 544. The van der Waals surface area contributed by atoms with Gasteiger partial charge in [-0.15, -0.1) is 0 Å². The molecule has 1 fully saturated rings. The second-order valence-corrected chi connectivity index (χ2v) is 5.07. The fraction of sp³-hybridized carbons (Fsp3) is 0.467. The molecule has 1 aliphatic rings. The van der Waals surface area contributed by atoms with E-state index in [2.05, 4.69) is 0 Å². The standard InChI is InChI=1S/C15H20N2O4/c1-20-11-5-6-12(13(16)8-11)14(18)17-7-3-4-10(9-17)15(19)21-2/h5-6,8,10H,3-4,7,9,16H2,1-2H3. The third-order valence-electron chi connectivity index (χ3n) is 3.73. The average Bonchev–Trinajstić information content (AvgIpc) is 2.53. The lowest BCUT2D eigenvalue weighted by Crippen LogP contribution is -2.42. The van der Waals surface area contributed by atoms with Crippen molar-refractivity contribution in [3.63, 3.8) is 0 Å². The molecule has 0 bridgehead atoms. The van der Waals surface area contributed by atoms with Gasteiger partial charge in [-0.25, -0.2) is 0 Å². The number of ether oxygens (including phenoxy) is 2. The van der Waals surface area contributed by atoms with Gasteiger partial charge in [0.05, 0.1) is 25.7 Å². The Morgan fingerprint density at radius 3 is 2.71 bits per heavy atom. The van der Waals surface area contributed by atoms with E-state index in [1.165, 1.54) is 7.11 Å². The van der Waals surface area contributed by atoms with Gasteiger partial charge in [0.1, 0.15) is 5.75 Å². The molecule has 1 aromatic carbocycles. The Morgan fingerprint density at radius 1 is 1.33 bits per heavy atom. The fourth-order valence-electron chi connectivity index (χ4n) is 2.55. The molecule has 2 rings (SSSR count). The minimum Gasteiger partial charge on any atom is -0.497 e. The third kappa shape index (κ3) is 3.26. The molecule has 0 aliphatic carbocycles. The van der Waals surface area contributed by atoms with E-state index in [0.29, 0.717) is 30.1 Å². The zero-order valence-corrected chi connectivity index (χ0v) is 12.3. The molecule has 0 aromatic heterocycles. The molecule has 1 aliphatic heterocycles. The minimum atomic E-state index is -0.268.